The second-order valence-electron chi connectivity index (χ2n) is 5.66. The first-order valence-corrected chi connectivity index (χ1v) is 7.05. The Bertz CT molecular complexity index is 390. The fourth-order valence-corrected chi connectivity index (χ4v) is 1.98. The Morgan fingerprint density at radius 1 is 1.00 bits per heavy atom. The van der Waals surface area contributed by atoms with Gasteiger partial charge in [0, 0.05) is 6.42 Å². The van der Waals surface area contributed by atoms with Gasteiger partial charge in [0.2, 0.25) is 0 Å². The van der Waals surface area contributed by atoms with E-state index in [9.17, 15) is 14.4 Å². The fraction of sp³-hybridized carbons (Fsp3) is 0.786. The molecule has 0 aromatic carbocycles. The Balaban J connectivity index is 2.83. The Kier molecular flexibility index (Phi) is 5.57. The van der Waals surface area contributed by atoms with Gasteiger partial charge in [-0.1, -0.05) is 0 Å². The van der Waals surface area contributed by atoms with E-state index in [-0.39, 0.29) is 19.6 Å². The number of carbonyl (C=O) groups excluding carboxylic acids is 3. The van der Waals surface area contributed by atoms with Gasteiger partial charge in [0.15, 0.2) is 0 Å². The van der Waals surface area contributed by atoms with E-state index in [0.29, 0.717) is 0 Å². The van der Waals surface area contributed by atoms with Crippen LogP contribution in [0.1, 0.15) is 41.0 Å². The first-order valence-electron chi connectivity index (χ1n) is 7.05. The van der Waals surface area contributed by atoms with Crippen LogP contribution in [0.4, 0.5) is 4.79 Å². The summed E-state index contributed by atoms with van der Waals surface area (Å²) in [5.74, 6) is -1.08. The number of ether oxygens (including phenoxy) is 3. The molecule has 7 heteroatoms. The summed E-state index contributed by atoms with van der Waals surface area (Å²) in [6.07, 6.45) is -0.526. The molecule has 0 unspecified atom stereocenters. The number of carbonyl (C=O) groups is 3. The average molecular weight is 301 g/mol. The molecule has 0 aromatic heterocycles. The largest absolute Gasteiger partial charge is 0.464 e. The van der Waals surface area contributed by atoms with Crippen LogP contribution in [-0.4, -0.2) is 53.8 Å². The molecule has 1 saturated heterocycles. The van der Waals surface area contributed by atoms with Crippen molar-refractivity contribution in [1.29, 1.82) is 0 Å². The number of esters is 2. The maximum atomic E-state index is 12.2. The van der Waals surface area contributed by atoms with Crippen molar-refractivity contribution in [3.8, 4) is 0 Å². The molecule has 1 heterocycles. The van der Waals surface area contributed by atoms with Crippen LogP contribution in [0.25, 0.3) is 0 Å². The first-order chi connectivity index (χ1) is 9.71. The summed E-state index contributed by atoms with van der Waals surface area (Å²) in [6.45, 7) is 8.91. The highest BCUT2D eigenvalue weighted by Gasteiger charge is 2.52. The number of hydrogen-bond donors (Lipinski definition) is 0. The van der Waals surface area contributed by atoms with Gasteiger partial charge in [-0.3, -0.25) is 4.90 Å². The van der Waals surface area contributed by atoms with Crippen molar-refractivity contribution in [2.45, 2.75) is 58.7 Å². The Labute approximate surface area is 124 Å². The zero-order valence-electron chi connectivity index (χ0n) is 13.2. The third kappa shape index (κ3) is 4.34. The number of amides is 1. The Morgan fingerprint density at radius 2 is 1.43 bits per heavy atom. The van der Waals surface area contributed by atoms with Crippen LogP contribution < -0.4 is 0 Å². The van der Waals surface area contributed by atoms with Crippen LogP contribution in [0, 0.1) is 0 Å². The van der Waals surface area contributed by atoms with E-state index in [0.717, 1.165) is 4.90 Å². The predicted octanol–water partition coefficient (Wildman–Crippen LogP) is 1.49. The summed E-state index contributed by atoms with van der Waals surface area (Å²) in [5, 5.41) is 0. The van der Waals surface area contributed by atoms with Crippen LogP contribution in [0.15, 0.2) is 0 Å². The predicted molar refractivity (Wildman–Crippen MR) is 73.5 cm³/mol. The number of likely N-dealkylation sites (tertiary alicyclic amines) is 1. The average Bonchev–Trinajstić information content (AvgIpc) is 2.25. The zero-order valence-corrected chi connectivity index (χ0v) is 13.2. The van der Waals surface area contributed by atoms with Crippen LogP contribution >= 0.6 is 0 Å². The van der Waals surface area contributed by atoms with E-state index in [4.69, 9.17) is 14.2 Å². The van der Waals surface area contributed by atoms with Gasteiger partial charge in [0.1, 0.15) is 17.7 Å². The summed E-state index contributed by atoms with van der Waals surface area (Å²) >= 11 is 0. The maximum absolute atomic E-state index is 12.2. The second-order valence-corrected chi connectivity index (χ2v) is 5.66. The third-order valence-corrected chi connectivity index (χ3v) is 2.84. The fourth-order valence-electron chi connectivity index (χ4n) is 1.98. The van der Waals surface area contributed by atoms with Crippen molar-refractivity contribution in [2.75, 3.05) is 13.2 Å². The molecule has 1 amide bonds. The first kappa shape index (κ1) is 17.3. The molecule has 21 heavy (non-hydrogen) atoms. The standard InChI is InChI=1S/C14H23NO6/c1-6-19-11(16)9-8-10(12(17)20-7-2)15(9)13(18)21-14(3,4)5/h9-10H,6-8H2,1-5H3/t9-,10+. The number of nitrogens with zero attached hydrogens (tertiary/aromatic N) is 1. The van der Waals surface area contributed by atoms with Crippen molar-refractivity contribution >= 4 is 18.0 Å². The van der Waals surface area contributed by atoms with Gasteiger partial charge in [-0.15, -0.1) is 0 Å². The van der Waals surface area contributed by atoms with E-state index in [1.54, 1.807) is 34.6 Å². The quantitative estimate of drug-likeness (QED) is 0.578. The third-order valence-electron chi connectivity index (χ3n) is 2.84. The maximum Gasteiger partial charge on any atom is 0.411 e. The second kappa shape index (κ2) is 6.78. The van der Waals surface area contributed by atoms with Crippen LogP contribution in [-0.2, 0) is 23.8 Å². The van der Waals surface area contributed by atoms with Gasteiger partial charge < -0.3 is 14.2 Å². The molecule has 0 N–H and O–H groups in total. The molecule has 1 aliphatic rings. The molecule has 0 radical (unpaired) electrons. The minimum atomic E-state index is -0.797. The molecular formula is C14H23NO6. The smallest absolute Gasteiger partial charge is 0.411 e. The lowest BCUT2D eigenvalue weighted by Gasteiger charge is -2.44. The Hall–Kier alpha value is -1.79. The van der Waals surface area contributed by atoms with E-state index in [1.807, 2.05) is 0 Å². The molecule has 7 nitrogen and oxygen atoms in total. The molecule has 0 aromatic rings. The van der Waals surface area contributed by atoms with Crippen LogP contribution in [0.3, 0.4) is 0 Å². The molecule has 0 aliphatic carbocycles. The minimum Gasteiger partial charge on any atom is -0.464 e. The molecular weight excluding hydrogens is 278 g/mol. The van der Waals surface area contributed by atoms with Crippen molar-refractivity contribution in [3.63, 3.8) is 0 Å². The summed E-state index contributed by atoms with van der Waals surface area (Å²) in [6, 6.07) is -1.59. The molecule has 0 spiro atoms. The van der Waals surface area contributed by atoms with E-state index >= 15 is 0 Å². The summed E-state index contributed by atoms with van der Waals surface area (Å²) in [5.41, 5.74) is -0.717. The SMILES string of the molecule is CCOC(=O)[C@H]1C[C@@H](C(=O)OCC)N1C(=O)OC(C)(C)C. The summed E-state index contributed by atoms with van der Waals surface area (Å²) in [7, 11) is 0. The molecule has 0 saturated carbocycles. The summed E-state index contributed by atoms with van der Waals surface area (Å²) < 4.78 is 15.0. The van der Waals surface area contributed by atoms with Gasteiger partial charge in [-0.2, -0.15) is 0 Å². The van der Waals surface area contributed by atoms with Crippen molar-refractivity contribution in [3.05, 3.63) is 0 Å². The van der Waals surface area contributed by atoms with Gasteiger partial charge in [-0.25, -0.2) is 14.4 Å². The van der Waals surface area contributed by atoms with E-state index < -0.39 is 35.7 Å². The molecule has 0 bridgehead atoms. The van der Waals surface area contributed by atoms with Gasteiger partial charge in [0.25, 0.3) is 0 Å². The molecule has 2 atom stereocenters. The highest BCUT2D eigenvalue weighted by atomic mass is 16.6. The molecule has 1 aliphatic heterocycles. The number of hydrogen-bond acceptors (Lipinski definition) is 6. The monoisotopic (exact) mass is 301 g/mol. The lowest BCUT2D eigenvalue weighted by atomic mass is 9.93. The minimum absolute atomic E-state index is 0.191. The van der Waals surface area contributed by atoms with Gasteiger partial charge >= 0.3 is 18.0 Å². The van der Waals surface area contributed by atoms with E-state index in [2.05, 4.69) is 0 Å². The highest BCUT2D eigenvalue weighted by molar-refractivity contribution is 5.91. The highest BCUT2D eigenvalue weighted by Crippen LogP contribution is 2.30. The van der Waals surface area contributed by atoms with Gasteiger partial charge in [-0.05, 0) is 34.6 Å². The van der Waals surface area contributed by atoms with Crippen molar-refractivity contribution in [2.24, 2.45) is 0 Å². The van der Waals surface area contributed by atoms with Crippen LogP contribution in [0.5, 0.6) is 0 Å². The lowest BCUT2D eigenvalue weighted by molar-refractivity contribution is -0.168. The molecule has 1 fully saturated rings. The van der Waals surface area contributed by atoms with Crippen LogP contribution in [0.2, 0.25) is 0 Å². The zero-order chi connectivity index (χ0) is 16.2. The Morgan fingerprint density at radius 3 is 1.76 bits per heavy atom. The normalized spacial score (nSPS) is 21.3. The lowest BCUT2D eigenvalue weighted by Crippen LogP contribution is -2.65. The van der Waals surface area contributed by atoms with Crippen molar-refractivity contribution in [1.82, 2.24) is 4.90 Å². The van der Waals surface area contributed by atoms with Gasteiger partial charge in [0.05, 0.1) is 13.2 Å². The topological polar surface area (TPSA) is 82.1 Å². The molecule has 120 valence electrons. The summed E-state index contributed by atoms with van der Waals surface area (Å²) in [4.78, 5) is 36.9. The molecule has 1 rings (SSSR count). The van der Waals surface area contributed by atoms with Crippen molar-refractivity contribution < 1.29 is 28.6 Å². The number of rotatable bonds is 4. The van der Waals surface area contributed by atoms with E-state index in [1.165, 1.54) is 0 Å².